The molecular formula is C10H4ClF3NO3S. The predicted octanol–water partition coefficient (Wildman–Crippen LogP) is 2.27. The molecule has 4 nitrogen and oxygen atoms in total. The molecule has 2 rings (SSSR count). The van der Waals surface area contributed by atoms with E-state index >= 15 is 0 Å². The van der Waals surface area contributed by atoms with Gasteiger partial charge in [-0.2, -0.15) is 13.2 Å². The Hall–Kier alpha value is -1.54. The summed E-state index contributed by atoms with van der Waals surface area (Å²) in [4.78, 5) is 12.1. The van der Waals surface area contributed by atoms with Crippen LogP contribution in [0.15, 0.2) is 27.9 Å². The number of H-pyrrole nitrogens is 1. The number of hydrogen-bond donors (Lipinski definition) is 1. The van der Waals surface area contributed by atoms with Gasteiger partial charge in [-0.05, 0) is 18.2 Å². The number of aromatic amines is 1. The van der Waals surface area contributed by atoms with Crippen molar-refractivity contribution in [3.63, 3.8) is 0 Å². The van der Waals surface area contributed by atoms with Crippen LogP contribution < -0.4 is 5.56 Å². The molecule has 1 radical (unpaired) electrons. The molecule has 0 unspecified atom stereocenters. The van der Waals surface area contributed by atoms with E-state index < -0.39 is 31.2 Å². The SMILES string of the molecule is O=c1[c]cc2cc(S(=O)(=O)Cl)c(C(F)(F)F)cc2[nH]1. The molecule has 0 fully saturated rings. The van der Waals surface area contributed by atoms with Crippen LogP contribution in [0.5, 0.6) is 0 Å². The fourth-order valence-electron chi connectivity index (χ4n) is 1.55. The molecule has 0 saturated heterocycles. The molecule has 1 aromatic heterocycles. The van der Waals surface area contributed by atoms with E-state index in [2.05, 4.69) is 11.1 Å². The first-order valence-corrected chi connectivity index (χ1v) is 7.00. The summed E-state index contributed by atoms with van der Waals surface area (Å²) in [6, 6.07) is 4.53. The van der Waals surface area contributed by atoms with Gasteiger partial charge in [-0.3, -0.25) is 4.79 Å². The predicted molar refractivity (Wildman–Crippen MR) is 61.4 cm³/mol. The molecule has 1 aromatic carbocycles. The first-order valence-electron chi connectivity index (χ1n) is 4.69. The summed E-state index contributed by atoms with van der Waals surface area (Å²) in [5.74, 6) is 0. The van der Waals surface area contributed by atoms with E-state index in [4.69, 9.17) is 10.7 Å². The Bertz CT molecular complexity index is 811. The molecule has 0 amide bonds. The monoisotopic (exact) mass is 310 g/mol. The zero-order chi connectivity index (χ0) is 14.4. The first kappa shape index (κ1) is 13.9. The van der Waals surface area contributed by atoms with Gasteiger partial charge in [-0.15, -0.1) is 0 Å². The second kappa shape index (κ2) is 4.24. The summed E-state index contributed by atoms with van der Waals surface area (Å²) in [6.07, 6.45) is -4.91. The van der Waals surface area contributed by atoms with Gasteiger partial charge in [0.05, 0.1) is 16.5 Å². The number of halogens is 4. The average Bonchev–Trinajstić information content (AvgIpc) is 2.24. The van der Waals surface area contributed by atoms with Gasteiger partial charge in [-0.25, -0.2) is 8.42 Å². The van der Waals surface area contributed by atoms with Gasteiger partial charge in [0.15, 0.2) is 0 Å². The number of alkyl halides is 3. The van der Waals surface area contributed by atoms with Gasteiger partial charge in [0.2, 0.25) is 0 Å². The summed E-state index contributed by atoms with van der Waals surface area (Å²) in [5, 5.41) is 0.0758. The lowest BCUT2D eigenvalue weighted by Gasteiger charge is -2.11. The number of rotatable bonds is 1. The Balaban J connectivity index is 2.94. The molecule has 1 N–H and O–H groups in total. The van der Waals surface area contributed by atoms with E-state index in [9.17, 15) is 26.4 Å². The smallest absolute Gasteiger partial charge is 0.321 e. The highest BCUT2D eigenvalue weighted by Gasteiger charge is 2.37. The Kier molecular flexibility index (Phi) is 3.10. The van der Waals surface area contributed by atoms with Crippen molar-refractivity contribution in [2.75, 3.05) is 0 Å². The van der Waals surface area contributed by atoms with Crippen molar-refractivity contribution in [3.8, 4) is 0 Å². The molecule has 0 saturated carbocycles. The van der Waals surface area contributed by atoms with E-state index in [1.807, 2.05) is 0 Å². The first-order chi connectivity index (χ1) is 8.59. The molecule has 2 aromatic rings. The van der Waals surface area contributed by atoms with Crippen molar-refractivity contribution in [3.05, 3.63) is 40.2 Å². The number of hydrogen-bond acceptors (Lipinski definition) is 3. The number of pyridine rings is 1. The molecular weight excluding hydrogens is 307 g/mol. The average molecular weight is 311 g/mol. The summed E-state index contributed by atoms with van der Waals surface area (Å²) in [6.45, 7) is 0. The molecule has 0 bridgehead atoms. The van der Waals surface area contributed by atoms with Crippen LogP contribution in [-0.4, -0.2) is 13.4 Å². The Morgan fingerprint density at radius 1 is 1.26 bits per heavy atom. The summed E-state index contributed by atoms with van der Waals surface area (Å²) in [5.41, 5.74) is -2.31. The Morgan fingerprint density at radius 2 is 1.89 bits per heavy atom. The Labute approximate surface area is 109 Å². The third-order valence-corrected chi connectivity index (χ3v) is 3.69. The maximum atomic E-state index is 12.8. The number of fused-ring (bicyclic) bond motifs is 1. The van der Waals surface area contributed by atoms with Crippen molar-refractivity contribution in [2.45, 2.75) is 11.1 Å². The van der Waals surface area contributed by atoms with Crippen molar-refractivity contribution < 1.29 is 21.6 Å². The maximum Gasteiger partial charge on any atom is 0.417 e. The standard InChI is InChI=1S/C10H4ClF3NO3S/c11-19(17,18)8-3-5-1-2-9(16)15-7(5)4-6(8)10(12,13)14/h1,3-4H,(H,15,16). The highest BCUT2D eigenvalue weighted by atomic mass is 35.7. The molecule has 101 valence electrons. The van der Waals surface area contributed by atoms with Gasteiger partial charge in [0.25, 0.3) is 14.6 Å². The van der Waals surface area contributed by atoms with E-state index in [0.717, 1.165) is 12.1 Å². The zero-order valence-corrected chi connectivity index (χ0v) is 10.4. The summed E-state index contributed by atoms with van der Waals surface area (Å²) < 4.78 is 60.7. The quantitative estimate of drug-likeness (QED) is 0.822. The van der Waals surface area contributed by atoms with Crippen LogP contribution in [0.1, 0.15) is 5.56 Å². The van der Waals surface area contributed by atoms with Crippen molar-refractivity contribution in [1.29, 1.82) is 0 Å². The zero-order valence-electron chi connectivity index (χ0n) is 8.88. The lowest BCUT2D eigenvalue weighted by molar-refractivity contribution is -0.139. The van der Waals surface area contributed by atoms with Crippen LogP contribution in [0.2, 0.25) is 0 Å². The number of aromatic nitrogens is 1. The van der Waals surface area contributed by atoms with Crippen LogP contribution in [0.25, 0.3) is 10.9 Å². The lowest BCUT2D eigenvalue weighted by atomic mass is 10.1. The third kappa shape index (κ3) is 2.74. The van der Waals surface area contributed by atoms with E-state index in [1.54, 1.807) is 0 Å². The lowest BCUT2D eigenvalue weighted by Crippen LogP contribution is -2.12. The minimum Gasteiger partial charge on any atom is -0.321 e. The van der Waals surface area contributed by atoms with Gasteiger partial charge in [0, 0.05) is 21.6 Å². The molecule has 0 aliphatic heterocycles. The molecule has 0 spiro atoms. The number of nitrogens with one attached hydrogen (secondary N) is 1. The molecule has 9 heteroatoms. The molecule has 0 atom stereocenters. The van der Waals surface area contributed by atoms with Gasteiger partial charge in [0.1, 0.15) is 0 Å². The van der Waals surface area contributed by atoms with Gasteiger partial charge < -0.3 is 4.98 Å². The van der Waals surface area contributed by atoms with E-state index in [1.165, 1.54) is 0 Å². The highest BCUT2D eigenvalue weighted by molar-refractivity contribution is 8.13. The number of benzene rings is 1. The minimum absolute atomic E-state index is 0.0758. The van der Waals surface area contributed by atoms with Crippen molar-refractivity contribution in [1.82, 2.24) is 4.98 Å². The fraction of sp³-hybridized carbons (Fsp3) is 0.100. The van der Waals surface area contributed by atoms with Crippen LogP contribution in [0.3, 0.4) is 0 Å². The van der Waals surface area contributed by atoms with Crippen molar-refractivity contribution in [2.24, 2.45) is 0 Å². The van der Waals surface area contributed by atoms with E-state index in [0.29, 0.717) is 6.07 Å². The second-order valence-corrected chi connectivity index (χ2v) is 6.15. The second-order valence-electron chi connectivity index (χ2n) is 3.61. The van der Waals surface area contributed by atoms with Gasteiger partial charge >= 0.3 is 6.18 Å². The third-order valence-electron chi connectivity index (χ3n) is 2.33. The van der Waals surface area contributed by atoms with Crippen LogP contribution in [0.4, 0.5) is 13.2 Å². The van der Waals surface area contributed by atoms with E-state index in [-0.39, 0.29) is 10.9 Å². The summed E-state index contributed by atoms with van der Waals surface area (Å²) >= 11 is 0. The van der Waals surface area contributed by atoms with Crippen LogP contribution >= 0.6 is 10.7 Å². The molecule has 1 heterocycles. The van der Waals surface area contributed by atoms with Crippen LogP contribution in [-0.2, 0) is 15.2 Å². The minimum atomic E-state index is -4.91. The largest absolute Gasteiger partial charge is 0.417 e. The molecule has 19 heavy (non-hydrogen) atoms. The molecule has 0 aliphatic rings. The normalized spacial score (nSPS) is 12.8. The maximum absolute atomic E-state index is 12.8. The van der Waals surface area contributed by atoms with Gasteiger partial charge in [-0.1, -0.05) is 0 Å². The molecule has 0 aliphatic carbocycles. The van der Waals surface area contributed by atoms with Crippen molar-refractivity contribution >= 4 is 30.6 Å². The summed E-state index contributed by atoms with van der Waals surface area (Å²) in [7, 11) is 0.420. The highest BCUT2D eigenvalue weighted by Crippen LogP contribution is 2.37. The topological polar surface area (TPSA) is 67.0 Å². The van der Waals surface area contributed by atoms with Crippen LogP contribution in [0, 0.1) is 6.07 Å². The fourth-order valence-corrected chi connectivity index (χ4v) is 2.64. The Morgan fingerprint density at radius 3 is 2.42 bits per heavy atom.